The molecule has 1 aliphatic heterocycles. The Morgan fingerprint density at radius 3 is 2.79 bits per heavy atom. The monoisotopic (exact) mass is 329 g/mol. The van der Waals surface area contributed by atoms with Gasteiger partial charge in [0.05, 0.1) is 18.8 Å². The molecule has 2 aliphatic carbocycles. The highest BCUT2D eigenvalue weighted by molar-refractivity contribution is 5.77. The van der Waals surface area contributed by atoms with Crippen molar-refractivity contribution in [3.05, 3.63) is 35.9 Å². The van der Waals surface area contributed by atoms with E-state index in [1.165, 1.54) is 18.4 Å². The molecule has 0 aromatic heterocycles. The van der Waals surface area contributed by atoms with Gasteiger partial charge < -0.3 is 14.4 Å². The third kappa shape index (κ3) is 3.65. The van der Waals surface area contributed by atoms with E-state index in [1.807, 2.05) is 18.2 Å². The summed E-state index contributed by atoms with van der Waals surface area (Å²) in [4.78, 5) is 14.8. The first kappa shape index (κ1) is 16.1. The molecule has 0 bridgehead atoms. The molecule has 130 valence electrons. The summed E-state index contributed by atoms with van der Waals surface area (Å²) in [6.07, 6.45) is 6.31. The van der Waals surface area contributed by atoms with Crippen LogP contribution in [0.2, 0.25) is 0 Å². The number of hydrogen-bond donors (Lipinski definition) is 0. The van der Waals surface area contributed by atoms with E-state index in [9.17, 15) is 4.79 Å². The minimum absolute atomic E-state index is 0.0816. The predicted octanol–water partition coefficient (Wildman–Crippen LogP) is 2.80. The van der Waals surface area contributed by atoms with E-state index in [4.69, 9.17) is 9.47 Å². The average Bonchev–Trinajstić information content (AvgIpc) is 3.37. The van der Waals surface area contributed by atoms with Crippen LogP contribution >= 0.6 is 0 Å². The van der Waals surface area contributed by atoms with Crippen molar-refractivity contribution in [2.45, 2.75) is 56.8 Å². The smallest absolute Gasteiger partial charge is 0.223 e. The zero-order valence-corrected chi connectivity index (χ0v) is 14.2. The second kappa shape index (κ2) is 7.24. The molecule has 0 N–H and O–H groups in total. The first-order valence-corrected chi connectivity index (χ1v) is 9.38. The van der Waals surface area contributed by atoms with E-state index in [-0.39, 0.29) is 24.2 Å². The van der Waals surface area contributed by atoms with Crippen LogP contribution in [-0.2, 0) is 20.7 Å². The minimum Gasteiger partial charge on any atom is -0.375 e. The molecule has 0 radical (unpaired) electrons. The summed E-state index contributed by atoms with van der Waals surface area (Å²) in [7, 11) is 0. The van der Waals surface area contributed by atoms with Crippen molar-refractivity contribution in [3.63, 3.8) is 0 Å². The molecule has 3 aliphatic rings. The van der Waals surface area contributed by atoms with Crippen LogP contribution in [0, 0.1) is 5.92 Å². The fraction of sp³-hybridized carbons (Fsp3) is 0.650. The first-order chi connectivity index (χ1) is 11.8. The molecule has 1 saturated heterocycles. The van der Waals surface area contributed by atoms with Crippen LogP contribution in [0.25, 0.3) is 0 Å². The number of ether oxygens (including phenoxy) is 2. The lowest BCUT2D eigenvalue weighted by Crippen LogP contribution is -2.54. The molecule has 24 heavy (non-hydrogen) atoms. The Kier molecular flexibility index (Phi) is 4.86. The third-order valence-corrected chi connectivity index (χ3v) is 5.57. The normalized spacial score (nSPS) is 29.5. The minimum atomic E-state index is 0.0816. The topological polar surface area (TPSA) is 38.8 Å². The maximum Gasteiger partial charge on any atom is 0.223 e. The van der Waals surface area contributed by atoms with Gasteiger partial charge in [0, 0.05) is 19.6 Å². The Morgan fingerprint density at radius 2 is 2.00 bits per heavy atom. The van der Waals surface area contributed by atoms with Gasteiger partial charge in [-0.25, -0.2) is 0 Å². The Morgan fingerprint density at radius 1 is 1.17 bits per heavy atom. The van der Waals surface area contributed by atoms with Crippen LogP contribution in [0.1, 0.15) is 37.7 Å². The quantitative estimate of drug-likeness (QED) is 0.805. The number of carbonyl (C=O) groups is 1. The van der Waals surface area contributed by atoms with Crippen LogP contribution in [0.5, 0.6) is 0 Å². The van der Waals surface area contributed by atoms with Gasteiger partial charge in [-0.3, -0.25) is 4.79 Å². The van der Waals surface area contributed by atoms with Gasteiger partial charge in [0.15, 0.2) is 0 Å². The van der Waals surface area contributed by atoms with Crippen LogP contribution in [0.15, 0.2) is 30.3 Å². The van der Waals surface area contributed by atoms with Crippen LogP contribution in [0.3, 0.4) is 0 Å². The molecule has 3 fully saturated rings. The number of amides is 1. The van der Waals surface area contributed by atoms with Gasteiger partial charge in [0.25, 0.3) is 0 Å². The molecule has 1 amide bonds. The SMILES string of the molecule is O=C(CCc1ccccc1)N1CCO[C@H]2[C@@H](OCC3CC3)CC[C@@H]21. The molecule has 4 nitrogen and oxygen atoms in total. The van der Waals surface area contributed by atoms with Gasteiger partial charge in [-0.05, 0) is 43.6 Å². The molecule has 4 heteroatoms. The zero-order chi connectivity index (χ0) is 16.4. The highest BCUT2D eigenvalue weighted by atomic mass is 16.5. The lowest BCUT2D eigenvalue weighted by molar-refractivity contribution is -0.151. The van der Waals surface area contributed by atoms with E-state index in [2.05, 4.69) is 17.0 Å². The molecule has 1 aromatic rings. The first-order valence-electron chi connectivity index (χ1n) is 9.38. The van der Waals surface area contributed by atoms with Gasteiger partial charge in [-0.15, -0.1) is 0 Å². The van der Waals surface area contributed by atoms with Gasteiger partial charge in [-0.1, -0.05) is 30.3 Å². The summed E-state index contributed by atoms with van der Waals surface area (Å²) in [5, 5.41) is 0. The maximum atomic E-state index is 12.7. The van der Waals surface area contributed by atoms with Crippen LogP contribution in [-0.4, -0.2) is 48.8 Å². The van der Waals surface area contributed by atoms with Crippen LogP contribution in [0.4, 0.5) is 0 Å². The fourth-order valence-corrected chi connectivity index (χ4v) is 3.99. The van der Waals surface area contributed by atoms with Gasteiger partial charge >= 0.3 is 0 Å². The average molecular weight is 329 g/mol. The molecule has 4 rings (SSSR count). The predicted molar refractivity (Wildman–Crippen MR) is 91.7 cm³/mol. The summed E-state index contributed by atoms with van der Waals surface area (Å²) < 4.78 is 12.1. The third-order valence-electron chi connectivity index (χ3n) is 5.57. The second-order valence-electron chi connectivity index (χ2n) is 7.37. The van der Waals surface area contributed by atoms with E-state index in [0.29, 0.717) is 13.0 Å². The van der Waals surface area contributed by atoms with Crippen molar-refractivity contribution >= 4 is 5.91 Å². The molecule has 0 spiro atoms. The van der Waals surface area contributed by atoms with Crippen molar-refractivity contribution in [1.82, 2.24) is 4.90 Å². The summed E-state index contributed by atoms with van der Waals surface area (Å²) in [6, 6.07) is 10.5. The second-order valence-corrected chi connectivity index (χ2v) is 7.37. The molecular formula is C20H27NO3. The highest BCUT2D eigenvalue weighted by Gasteiger charge is 2.45. The zero-order valence-electron chi connectivity index (χ0n) is 14.2. The van der Waals surface area contributed by atoms with E-state index in [1.54, 1.807) is 0 Å². The van der Waals surface area contributed by atoms with Crippen LogP contribution < -0.4 is 0 Å². The van der Waals surface area contributed by atoms with Crippen molar-refractivity contribution < 1.29 is 14.3 Å². The summed E-state index contributed by atoms with van der Waals surface area (Å²) in [6.45, 7) is 2.24. The molecule has 2 saturated carbocycles. The number of aryl methyl sites for hydroxylation is 1. The Hall–Kier alpha value is -1.39. The van der Waals surface area contributed by atoms with E-state index < -0.39 is 0 Å². The summed E-state index contributed by atoms with van der Waals surface area (Å²) in [5.74, 6) is 1.04. The molecule has 1 aromatic carbocycles. The van der Waals surface area contributed by atoms with Gasteiger partial charge in [0.2, 0.25) is 5.91 Å². The number of morpholine rings is 1. The number of fused-ring (bicyclic) bond motifs is 1. The summed E-state index contributed by atoms with van der Waals surface area (Å²) >= 11 is 0. The standard InChI is InChI=1S/C20H27NO3/c22-19(11-8-15-4-2-1-3-5-15)21-12-13-23-20-17(21)9-10-18(20)24-14-16-6-7-16/h1-5,16-18,20H,6-14H2/t17-,18-,20+/m0/s1. The molecular weight excluding hydrogens is 302 g/mol. The largest absolute Gasteiger partial charge is 0.375 e. The maximum absolute atomic E-state index is 12.7. The van der Waals surface area contributed by atoms with Gasteiger partial charge in [-0.2, -0.15) is 0 Å². The Bertz CT molecular complexity index is 557. The number of benzene rings is 1. The molecule has 3 atom stereocenters. The van der Waals surface area contributed by atoms with Crippen molar-refractivity contribution in [3.8, 4) is 0 Å². The Balaban J connectivity index is 1.32. The molecule has 0 unspecified atom stereocenters. The lowest BCUT2D eigenvalue weighted by Gasteiger charge is -2.39. The summed E-state index contributed by atoms with van der Waals surface area (Å²) in [5.41, 5.74) is 1.23. The number of nitrogens with zero attached hydrogens (tertiary/aromatic N) is 1. The molecule has 1 heterocycles. The fourth-order valence-electron chi connectivity index (χ4n) is 3.99. The number of hydrogen-bond acceptors (Lipinski definition) is 3. The van der Waals surface area contributed by atoms with Crippen molar-refractivity contribution in [2.75, 3.05) is 19.8 Å². The van der Waals surface area contributed by atoms with E-state index in [0.717, 1.165) is 38.3 Å². The Labute approximate surface area is 144 Å². The lowest BCUT2D eigenvalue weighted by atomic mass is 10.1. The van der Waals surface area contributed by atoms with Crippen molar-refractivity contribution in [2.24, 2.45) is 5.92 Å². The highest BCUT2D eigenvalue weighted by Crippen LogP contribution is 2.35. The van der Waals surface area contributed by atoms with Crippen molar-refractivity contribution in [1.29, 1.82) is 0 Å². The number of carbonyl (C=O) groups excluding carboxylic acids is 1. The number of rotatable bonds is 6. The van der Waals surface area contributed by atoms with E-state index >= 15 is 0 Å². The van der Waals surface area contributed by atoms with Gasteiger partial charge in [0.1, 0.15) is 6.10 Å².